The highest BCUT2D eigenvalue weighted by molar-refractivity contribution is 5.79. The third kappa shape index (κ3) is 5.88. The molecule has 1 heterocycles. The van der Waals surface area contributed by atoms with E-state index in [2.05, 4.69) is 5.32 Å². The number of nitrogens with zero attached hydrogens (tertiary/aromatic N) is 1. The molecular formula is C21H32N2O4. The number of methoxy groups -OCH3 is 1. The predicted molar refractivity (Wildman–Crippen MR) is 105 cm³/mol. The van der Waals surface area contributed by atoms with Crippen molar-refractivity contribution in [3.63, 3.8) is 0 Å². The van der Waals surface area contributed by atoms with Gasteiger partial charge in [0.25, 0.3) is 0 Å². The zero-order chi connectivity index (χ0) is 20.2. The van der Waals surface area contributed by atoms with Crippen molar-refractivity contribution in [3.05, 3.63) is 29.3 Å². The van der Waals surface area contributed by atoms with Crippen molar-refractivity contribution >= 4 is 12.0 Å². The van der Waals surface area contributed by atoms with Gasteiger partial charge >= 0.3 is 6.09 Å². The predicted octanol–water partition coefficient (Wildman–Crippen LogP) is 3.83. The van der Waals surface area contributed by atoms with E-state index in [1.54, 1.807) is 12.0 Å². The van der Waals surface area contributed by atoms with Crippen LogP contribution in [0.1, 0.15) is 57.7 Å². The van der Waals surface area contributed by atoms with E-state index in [-0.39, 0.29) is 24.0 Å². The number of nitrogens with one attached hydrogen (secondary N) is 1. The number of amides is 2. The Labute approximate surface area is 162 Å². The molecule has 1 aliphatic heterocycles. The van der Waals surface area contributed by atoms with Gasteiger partial charge in [-0.1, -0.05) is 17.7 Å². The molecule has 27 heavy (non-hydrogen) atoms. The first-order valence-electron chi connectivity index (χ1n) is 9.53. The number of rotatable bonds is 4. The van der Waals surface area contributed by atoms with Gasteiger partial charge in [0.2, 0.25) is 5.91 Å². The van der Waals surface area contributed by atoms with Crippen molar-refractivity contribution in [2.75, 3.05) is 20.2 Å². The summed E-state index contributed by atoms with van der Waals surface area (Å²) < 4.78 is 10.8. The Bertz CT molecular complexity index is 673. The van der Waals surface area contributed by atoms with E-state index in [1.165, 1.54) is 0 Å². The SMILES string of the molecule is COc1ccc(C)cc1C(C)NC(=O)C1CCN(C(=O)OC(C)(C)C)CC1. The lowest BCUT2D eigenvalue weighted by atomic mass is 9.95. The maximum atomic E-state index is 12.7. The van der Waals surface area contributed by atoms with Crippen LogP contribution in [0.4, 0.5) is 4.79 Å². The molecule has 0 bridgehead atoms. The van der Waals surface area contributed by atoms with Crippen LogP contribution in [0.2, 0.25) is 0 Å². The standard InChI is InChI=1S/C21H32N2O4/c1-14-7-8-18(26-6)17(13-14)15(2)22-19(24)16-9-11-23(12-10-16)20(25)27-21(3,4)5/h7-8,13,15-16H,9-12H2,1-6H3,(H,22,24). The zero-order valence-electron chi connectivity index (χ0n) is 17.3. The maximum Gasteiger partial charge on any atom is 0.410 e. The van der Waals surface area contributed by atoms with E-state index in [1.807, 2.05) is 52.8 Å². The van der Waals surface area contributed by atoms with Gasteiger partial charge < -0.3 is 19.7 Å². The van der Waals surface area contributed by atoms with Crippen LogP contribution < -0.4 is 10.1 Å². The van der Waals surface area contributed by atoms with Gasteiger partial charge in [-0.25, -0.2) is 4.79 Å². The van der Waals surface area contributed by atoms with Crippen molar-refractivity contribution in [3.8, 4) is 5.75 Å². The van der Waals surface area contributed by atoms with E-state index in [4.69, 9.17) is 9.47 Å². The molecule has 2 rings (SSSR count). The summed E-state index contributed by atoms with van der Waals surface area (Å²) in [4.78, 5) is 26.5. The summed E-state index contributed by atoms with van der Waals surface area (Å²) in [7, 11) is 1.63. The molecule has 2 amide bonds. The molecule has 0 radical (unpaired) electrons. The zero-order valence-corrected chi connectivity index (χ0v) is 17.3. The third-order valence-electron chi connectivity index (χ3n) is 4.73. The topological polar surface area (TPSA) is 67.9 Å². The summed E-state index contributed by atoms with van der Waals surface area (Å²) in [5.41, 5.74) is 1.59. The molecule has 1 N–H and O–H groups in total. The highest BCUT2D eigenvalue weighted by Crippen LogP contribution is 2.27. The first kappa shape index (κ1) is 21.1. The van der Waals surface area contributed by atoms with Crippen molar-refractivity contribution in [2.24, 2.45) is 5.92 Å². The number of hydrogen-bond acceptors (Lipinski definition) is 4. The molecule has 150 valence electrons. The molecule has 1 fully saturated rings. The van der Waals surface area contributed by atoms with E-state index in [0.717, 1.165) is 16.9 Å². The van der Waals surface area contributed by atoms with Crippen LogP contribution in [0.3, 0.4) is 0 Å². The smallest absolute Gasteiger partial charge is 0.410 e. The molecule has 1 aromatic carbocycles. The molecule has 1 atom stereocenters. The lowest BCUT2D eigenvalue weighted by molar-refractivity contribution is -0.127. The Hall–Kier alpha value is -2.24. The molecule has 0 spiro atoms. The average molecular weight is 376 g/mol. The van der Waals surface area contributed by atoms with Crippen molar-refractivity contribution in [1.29, 1.82) is 0 Å². The summed E-state index contributed by atoms with van der Waals surface area (Å²) in [5, 5.41) is 3.10. The molecule has 0 aromatic heterocycles. The third-order valence-corrected chi connectivity index (χ3v) is 4.73. The molecule has 1 saturated heterocycles. The largest absolute Gasteiger partial charge is 0.496 e. The van der Waals surface area contributed by atoms with Crippen molar-refractivity contribution < 1.29 is 19.1 Å². The number of ether oxygens (including phenoxy) is 2. The van der Waals surface area contributed by atoms with Crippen LogP contribution in [0.25, 0.3) is 0 Å². The number of piperidine rings is 1. The summed E-state index contributed by atoms with van der Waals surface area (Å²) in [6, 6.07) is 5.81. The van der Waals surface area contributed by atoms with Crippen LogP contribution >= 0.6 is 0 Å². The first-order valence-corrected chi connectivity index (χ1v) is 9.53. The van der Waals surface area contributed by atoms with Crippen LogP contribution in [-0.2, 0) is 9.53 Å². The van der Waals surface area contributed by atoms with Crippen molar-refractivity contribution in [1.82, 2.24) is 10.2 Å². The second-order valence-electron chi connectivity index (χ2n) is 8.22. The minimum Gasteiger partial charge on any atom is -0.496 e. The molecule has 0 aliphatic carbocycles. The fraction of sp³-hybridized carbons (Fsp3) is 0.619. The first-order chi connectivity index (χ1) is 12.6. The molecule has 1 aromatic rings. The normalized spacial score (nSPS) is 16.6. The van der Waals surface area contributed by atoms with E-state index in [0.29, 0.717) is 25.9 Å². The van der Waals surface area contributed by atoms with Crippen LogP contribution in [0.15, 0.2) is 18.2 Å². The molecule has 6 heteroatoms. The van der Waals surface area contributed by atoms with Gasteiger partial charge in [-0.3, -0.25) is 4.79 Å². The highest BCUT2D eigenvalue weighted by atomic mass is 16.6. The highest BCUT2D eigenvalue weighted by Gasteiger charge is 2.30. The van der Waals surface area contributed by atoms with Gasteiger partial charge in [0, 0.05) is 24.6 Å². The number of likely N-dealkylation sites (tertiary alicyclic amines) is 1. The molecule has 6 nitrogen and oxygen atoms in total. The second-order valence-corrected chi connectivity index (χ2v) is 8.22. The van der Waals surface area contributed by atoms with Crippen LogP contribution in [-0.4, -0.2) is 42.7 Å². The summed E-state index contributed by atoms with van der Waals surface area (Å²) in [6.07, 6.45) is 0.977. The number of hydrogen-bond donors (Lipinski definition) is 1. The summed E-state index contributed by atoms with van der Waals surface area (Å²) in [6.45, 7) is 10.6. The van der Waals surface area contributed by atoms with Gasteiger partial charge in [0.15, 0.2) is 0 Å². The number of carbonyl (C=O) groups excluding carboxylic acids is 2. The van der Waals surface area contributed by atoms with Crippen LogP contribution in [0.5, 0.6) is 5.75 Å². The van der Waals surface area contributed by atoms with Gasteiger partial charge in [-0.15, -0.1) is 0 Å². The van der Waals surface area contributed by atoms with Gasteiger partial charge in [-0.2, -0.15) is 0 Å². The Morgan fingerprint density at radius 2 is 1.85 bits per heavy atom. The number of carbonyl (C=O) groups is 2. The number of aryl methyl sites for hydroxylation is 1. The molecule has 1 unspecified atom stereocenters. The Morgan fingerprint density at radius 1 is 1.22 bits per heavy atom. The van der Waals surface area contributed by atoms with E-state index < -0.39 is 5.60 Å². The summed E-state index contributed by atoms with van der Waals surface area (Å²) >= 11 is 0. The summed E-state index contributed by atoms with van der Waals surface area (Å²) in [5.74, 6) is 0.699. The number of benzene rings is 1. The maximum absolute atomic E-state index is 12.7. The lowest BCUT2D eigenvalue weighted by Crippen LogP contribution is -2.45. The van der Waals surface area contributed by atoms with Crippen LogP contribution in [0, 0.1) is 12.8 Å². The monoisotopic (exact) mass is 376 g/mol. The molecular weight excluding hydrogens is 344 g/mol. The molecule has 1 aliphatic rings. The van der Waals surface area contributed by atoms with Gasteiger partial charge in [0.05, 0.1) is 13.2 Å². The quantitative estimate of drug-likeness (QED) is 0.867. The fourth-order valence-electron chi connectivity index (χ4n) is 3.25. The second kappa shape index (κ2) is 8.63. The van der Waals surface area contributed by atoms with Gasteiger partial charge in [0.1, 0.15) is 11.4 Å². The Morgan fingerprint density at radius 3 is 2.41 bits per heavy atom. The minimum absolute atomic E-state index is 0.0231. The molecule has 0 saturated carbocycles. The van der Waals surface area contributed by atoms with E-state index >= 15 is 0 Å². The fourth-order valence-corrected chi connectivity index (χ4v) is 3.25. The van der Waals surface area contributed by atoms with Gasteiger partial charge in [-0.05, 0) is 53.5 Å². The Balaban J connectivity index is 1.91. The van der Waals surface area contributed by atoms with E-state index in [9.17, 15) is 9.59 Å². The Kier molecular flexibility index (Phi) is 6.73. The van der Waals surface area contributed by atoms with Crippen molar-refractivity contribution in [2.45, 2.75) is 59.1 Å². The lowest BCUT2D eigenvalue weighted by Gasteiger charge is -2.33. The average Bonchev–Trinajstić information content (AvgIpc) is 2.60. The minimum atomic E-state index is -0.506.